The van der Waals surface area contributed by atoms with Gasteiger partial charge in [0.05, 0.1) is 5.60 Å². The van der Waals surface area contributed by atoms with Crippen molar-refractivity contribution in [3.8, 4) is 5.75 Å². The average Bonchev–Trinajstić information content (AvgIpc) is 3.23. The summed E-state index contributed by atoms with van der Waals surface area (Å²) >= 11 is 5.04. The maximum atomic E-state index is 12.7. The van der Waals surface area contributed by atoms with Gasteiger partial charge in [-0.3, -0.25) is 9.69 Å². The fourth-order valence-corrected chi connectivity index (χ4v) is 7.02. The Morgan fingerprint density at radius 1 is 1.42 bits per heavy atom. The highest BCUT2D eigenvalue weighted by Crippen LogP contribution is 2.53. The Morgan fingerprint density at radius 3 is 2.97 bits per heavy atom. The van der Waals surface area contributed by atoms with E-state index in [1.54, 1.807) is 30.6 Å². The quantitative estimate of drug-likeness (QED) is 0.385. The Morgan fingerprint density at radius 2 is 2.27 bits per heavy atom. The van der Waals surface area contributed by atoms with E-state index in [0.717, 1.165) is 60.2 Å². The van der Waals surface area contributed by atoms with Crippen LogP contribution >= 0.6 is 27.3 Å². The van der Waals surface area contributed by atoms with Crippen molar-refractivity contribution >= 4 is 39.2 Å². The van der Waals surface area contributed by atoms with Crippen molar-refractivity contribution in [2.24, 2.45) is 0 Å². The molecule has 7 heteroatoms. The molecule has 3 atom stereocenters. The molecule has 176 valence electrons. The van der Waals surface area contributed by atoms with Crippen molar-refractivity contribution in [3.63, 3.8) is 0 Å². The molecule has 1 aliphatic heterocycles. The standard InChI is InChI=1S/C26H31BrN2O3S/c1-3-12-29-13-11-25(19-5-4-6-22(30)14-19)16-21(9-10-26(25,18-29)32-2)28-24(31)8-7-23-15-20(27)17-33-23/h3-8,14-15,17,21,30H,1,9-13,16,18H2,2H3,(H,28,31)/t21-,25-,26-/m0/s1. The summed E-state index contributed by atoms with van der Waals surface area (Å²) in [5.41, 5.74) is 0.402. The molecule has 2 N–H and O–H groups in total. The maximum Gasteiger partial charge on any atom is 0.244 e. The van der Waals surface area contributed by atoms with Gasteiger partial charge in [0.15, 0.2) is 0 Å². The number of thiophene rings is 1. The van der Waals surface area contributed by atoms with Crippen LogP contribution in [0.2, 0.25) is 0 Å². The Kier molecular flexibility index (Phi) is 7.43. The van der Waals surface area contributed by atoms with Gasteiger partial charge in [-0.15, -0.1) is 17.9 Å². The second-order valence-electron chi connectivity index (χ2n) is 9.05. The summed E-state index contributed by atoms with van der Waals surface area (Å²) in [4.78, 5) is 16.2. The van der Waals surface area contributed by atoms with Crippen LogP contribution in [0.15, 0.2) is 58.9 Å². The molecule has 2 aliphatic rings. The Labute approximate surface area is 208 Å². The summed E-state index contributed by atoms with van der Waals surface area (Å²) in [6, 6.07) is 9.60. The molecule has 1 amide bonds. The van der Waals surface area contributed by atoms with E-state index >= 15 is 0 Å². The number of likely N-dealkylation sites (tertiary alicyclic amines) is 1. The number of methoxy groups -OCH3 is 1. The van der Waals surface area contributed by atoms with Crippen molar-refractivity contribution in [3.05, 3.63) is 69.4 Å². The van der Waals surface area contributed by atoms with Crippen LogP contribution < -0.4 is 5.32 Å². The number of ether oxygens (including phenoxy) is 1. The van der Waals surface area contributed by atoms with Gasteiger partial charge in [0.25, 0.3) is 0 Å². The molecule has 2 aromatic rings. The molecule has 0 unspecified atom stereocenters. The third-order valence-electron chi connectivity index (χ3n) is 7.21. The number of nitrogens with zero attached hydrogens (tertiary/aromatic N) is 1. The Bertz CT molecular complexity index is 1040. The molecule has 1 aromatic heterocycles. The van der Waals surface area contributed by atoms with Gasteiger partial charge in [-0.1, -0.05) is 18.2 Å². The van der Waals surface area contributed by atoms with Gasteiger partial charge in [0, 0.05) is 52.5 Å². The highest BCUT2D eigenvalue weighted by molar-refractivity contribution is 9.10. The van der Waals surface area contributed by atoms with Gasteiger partial charge in [0.2, 0.25) is 5.91 Å². The number of carbonyl (C=O) groups is 1. The Hall–Kier alpha value is -1.93. The first-order valence-electron chi connectivity index (χ1n) is 11.3. The molecule has 1 saturated carbocycles. The predicted octanol–water partition coefficient (Wildman–Crippen LogP) is 5.11. The zero-order chi connectivity index (χ0) is 23.5. The molecule has 1 aliphatic carbocycles. The number of aromatic hydroxyl groups is 1. The number of fused-ring (bicyclic) bond motifs is 1. The number of phenols is 1. The first kappa shape index (κ1) is 24.2. The van der Waals surface area contributed by atoms with Crippen LogP contribution in [0.3, 0.4) is 0 Å². The van der Waals surface area contributed by atoms with Crippen LogP contribution in [0.4, 0.5) is 0 Å². The van der Waals surface area contributed by atoms with Crippen LogP contribution in [0.1, 0.15) is 36.1 Å². The normalized spacial score (nSPS) is 27.9. The van der Waals surface area contributed by atoms with Gasteiger partial charge in [-0.25, -0.2) is 0 Å². The number of hydrogen-bond acceptors (Lipinski definition) is 5. The molecule has 0 bridgehead atoms. The van der Waals surface area contributed by atoms with Gasteiger partial charge in [-0.2, -0.15) is 0 Å². The molecule has 0 spiro atoms. The molecular formula is C26H31BrN2O3S. The largest absolute Gasteiger partial charge is 0.508 e. The van der Waals surface area contributed by atoms with Crippen LogP contribution in [-0.4, -0.2) is 54.3 Å². The lowest BCUT2D eigenvalue weighted by Crippen LogP contribution is -2.67. The van der Waals surface area contributed by atoms with Gasteiger partial charge >= 0.3 is 0 Å². The van der Waals surface area contributed by atoms with E-state index in [-0.39, 0.29) is 28.7 Å². The van der Waals surface area contributed by atoms with Gasteiger partial charge < -0.3 is 15.2 Å². The summed E-state index contributed by atoms with van der Waals surface area (Å²) in [6.45, 7) is 6.45. The number of benzene rings is 1. The van der Waals surface area contributed by atoms with E-state index in [0.29, 0.717) is 0 Å². The first-order valence-corrected chi connectivity index (χ1v) is 13.0. The number of piperidine rings is 1. The number of carbonyl (C=O) groups excluding carboxylic acids is 1. The van der Waals surface area contributed by atoms with E-state index in [2.05, 4.69) is 38.8 Å². The number of nitrogens with one attached hydrogen (secondary N) is 1. The highest BCUT2D eigenvalue weighted by atomic mass is 79.9. The monoisotopic (exact) mass is 530 g/mol. The molecule has 33 heavy (non-hydrogen) atoms. The Balaban J connectivity index is 1.59. The topological polar surface area (TPSA) is 61.8 Å². The number of hydrogen-bond donors (Lipinski definition) is 2. The van der Waals surface area contributed by atoms with Crippen LogP contribution in [-0.2, 0) is 14.9 Å². The van der Waals surface area contributed by atoms with Gasteiger partial charge in [-0.05, 0) is 78.0 Å². The zero-order valence-corrected chi connectivity index (χ0v) is 21.3. The summed E-state index contributed by atoms with van der Waals surface area (Å²) in [5, 5.41) is 15.5. The highest BCUT2D eigenvalue weighted by Gasteiger charge is 2.58. The third kappa shape index (κ3) is 4.97. The van der Waals surface area contributed by atoms with Crippen LogP contribution in [0.5, 0.6) is 5.75 Å². The minimum Gasteiger partial charge on any atom is -0.508 e. The van der Waals surface area contributed by atoms with E-state index < -0.39 is 0 Å². The lowest BCUT2D eigenvalue weighted by atomic mass is 9.55. The molecular weight excluding hydrogens is 500 g/mol. The second kappa shape index (κ2) is 10.1. The molecule has 2 fully saturated rings. The molecule has 1 saturated heterocycles. The SMILES string of the molecule is C=CCN1CC[C@@]2(c3cccc(O)c3)C[C@@H](NC(=O)C=Cc3cc(Br)cs3)CC[C@]2(OC)C1. The molecule has 1 aromatic carbocycles. The molecule has 0 radical (unpaired) electrons. The van der Waals surface area contributed by atoms with Crippen molar-refractivity contribution < 1.29 is 14.6 Å². The number of amides is 1. The second-order valence-corrected chi connectivity index (χ2v) is 10.9. The zero-order valence-electron chi connectivity index (χ0n) is 18.9. The van der Waals surface area contributed by atoms with E-state index in [9.17, 15) is 9.90 Å². The van der Waals surface area contributed by atoms with Crippen molar-refractivity contribution in [2.45, 2.75) is 42.7 Å². The predicted molar refractivity (Wildman–Crippen MR) is 138 cm³/mol. The van der Waals surface area contributed by atoms with Crippen molar-refractivity contribution in [1.29, 1.82) is 0 Å². The van der Waals surface area contributed by atoms with E-state index in [4.69, 9.17) is 4.74 Å². The van der Waals surface area contributed by atoms with Gasteiger partial charge in [0.1, 0.15) is 5.75 Å². The maximum absolute atomic E-state index is 12.7. The minimum absolute atomic E-state index is 0.0359. The summed E-state index contributed by atoms with van der Waals surface area (Å²) < 4.78 is 7.35. The van der Waals surface area contributed by atoms with Crippen molar-refractivity contribution in [1.82, 2.24) is 10.2 Å². The third-order valence-corrected chi connectivity index (χ3v) is 8.87. The minimum atomic E-state index is -0.387. The van der Waals surface area contributed by atoms with Crippen LogP contribution in [0.25, 0.3) is 6.08 Å². The van der Waals surface area contributed by atoms with E-state index in [1.807, 2.05) is 35.7 Å². The number of phenolic OH excluding ortho intramolecular Hbond substituents is 1. The summed E-state index contributed by atoms with van der Waals surface area (Å²) in [7, 11) is 1.80. The number of rotatable bonds is 7. The van der Waals surface area contributed by atoms with E-state index in [1.165, 1.54) is 0 Å². The fraction of sp³-hybridized carbons (Fsp3) is 0.423. The molecule has 4 rings (SSSR count). The smallest absolute Gasteiger partial charge is 0.244 e. The lowest BCUT2D eigenvalue weighted by molar-refractivity contribution is -0.148. The number of halogens is 1. The summed E-state index contributed by atoms with van der Waals surface area (Å²) in [6.07, 6.45) is 8.75. The first-order chi connectivity index (χ1) is 15.9. The molecule has 2 heterocycles. The lowest BCUT2D eigenvalue weighted by Gasteiger charge is -2.59. The molecule has 5 nitrogen and oxygen atoms in total. The van der Waals surface area contributed by atoms with Crippen LogP contribution in [0, 0.1) is 0 Å². The fourth-order valence-electron chi connectivity index (χ4n) is 5.68. The summed E-state index contributed by atoms with van der Waals surface area (Å²) in [5.74, 6) is 0.182. The average molecular weight is 532 g/mol. The van der Waals surface area contributed by atoms with Crippen molar-refractivity contribution in [2.75, 3.05) is 26.7 Å².